The molecule has 0 saturated heterocycles. The molecular weight excluding hydrogens is 1100 g/mol. The van der Waals surface area contributed by atoms with Crippen LogP contribution in [-0.4, -0.2) is 51.5 Å². The first kappa shape index (κ1) is 55.9. The second-order valence-corrected chi connectivity index (χ2v) is 17.9. The number of halogens is 3. The number of aromatic nitrogens is 8. The summed E-state index contributed by atoms with van der Waals surface area (Å²) in [5.74, 6) is 2.03. The Morgan fingerprint density at radius 1 is 0.468 bits per heavy atom. The number of hydrogen-bond donors (Lipinski definition) is 2. The first-order chi connectivity index (χ1) is 36.9. The molecule has 0 atom stereocenters. The highest BCUT2D eigenvalue weighted by Gasteiger charge is 2.24. The Morgan fingerprint density at radius 2 is 0.848 bits per heavy atom. The molecule has 79 heavy (non-hydrogen) atoms. The van der Waals surface area contributed by atoms with Crippen molar-refractivity contribution in [3.8, 4) is 45.9 Å². The molecule has 0 spiro atoms. The Bertz CT molecular complexity index is 4440. The van der Waals surface area contributed by atoms with Crippen LogP contribution in [0.1, 0.15) is 14.4 Å². The van der Waals surface area contributed by atoms with Gasteiger partial charge >= 0.3 is 0 Å². The van der Waals surface area contributed by atoms with Crippen LogP contribution in [-0.2, 0) is 4.79 Å². The van der Waals surface area contributed by atoms with Gasteiger partial charge in [0.1, 0.15) is 23.0 Å². The highest BCUT2D eigenvalue weighted by Crippen LogP contribution is 2.36. The molecule has 0 aliphatic rings. The second kappa shape index (κ2) is 24.0. The van der Waals surface area contributed by atoms with E-state index in [0.29, 0.717) is 0 Å². The SMILES string of the molecule is Br.C.CC(=O)O.COc1ccccc1-[n+]1cn(-c2ccc3c4ccccc4n(-c4ccccn4)c3c2)c2ccccc21.Oc1ccccc1-[n+]1cn(-c2ccc3c4ccccc4n(-c4ccccn4)c3c2)c2ccccc21.[Cl-].[Cl-]. The Balaban J connectivity index is 0.000000186. The average molecular weight is 1150 g/mol. The topological polar surface area (TPSA) is 120 Å². The Morgan fingerprint density at radius 3 is 1.30 bits per heavy atom. The number of pyridine rings is 2. The van der Waals surface area contributed by atoms with E-state index in [9.17, 15) is 5.11 Å². The minimum Gasteiger partial charge on any atom is -1.00 e. The lowest BCUT2D eigenvalue weighted by atomic mass is 10.1. The van der Waals surface area contributed by atoms with E-state index in [2.05, 4.69) is 173 Å². The van der Waals surface area contributed by atoms with E-state index in [0.717, 1.165) is 91.2 Å². The van der Waals surface area contributed by atoms with Crippen LogP contribution < -0.4 is 38.7 Å². The number of phenols is 1. The van der Waals surface area contributed by atoms with Gasteiger partial charge in [0, 0.05) is 53.0 Å². The van der Waals surface area contributed by atoms with E-state index in [1.54, 1.807) is 13.2 Å². The van der Waals surface area contributed by atoms with Crippen molar-refractivity contribution in [2.45, 2.75) is 14.4 Å². The fourth-order valence-electron chi connectivity index (χ4n) is 10.2. The maximum absolute atomic E-state index is 10.5. The molecule has 12 nitrogen and oxygen atoms in total. The molecule has 8 aromatic carbocycles. The number of nitrogens with zero attached hydrogens (tertiary/aromatic N) is 8. The molecule has 14 aromatic rings. The third-order valence-electron chi connectivity index (χ3n) is 13.4. The lowest BCUT2D eigenvalue weighted by molar-refractivity contribution is -0.568. The van der Waals surface area contributed by atoms with Crippen molar-refractivity contribution in [2.24, 2.45) is 0 Å². The van der Waals surface area contributed by atoms with E-state index in [1.165, 1.54) is 21.5 Å². The summed E-state index contributed by atoms with van der Waals surface area (Å²) in [6, 6.07) is 74.4. The van der Waals surface area contributed by atoms with Crippen LogP contribution >= 0.6 is 17.0 Å². The number of methoxy groups -OCH3 is 1. The van der Waals surface area contributed by atoms with Crippen LogP contribution in [0, 0.1) is 0 Å². The van der Waals surface area contributed by atoms with Crippen LogP contribution in [0.2, 0.25) is 0 Å². The van der Waals surface area contributed by atoms with Gasteiger partial charge in [0.25, 0.3) is 18.6 Å². The zero-order chi connectivity index (χ0) is 51.0. The third-order valence-corrected chi connectivity index (χ3v) is 13.4. The lowest BCUT2D eigenvalue weighted by Crippen LogP contribution is -3.00. The van der Waals surface area contributed by atoms with E-state index in [4.69, 9.17) is 14.6 Å². The number of rotatable bonds is 7. The molecule has 6 heterocycles. The normalized spacial score (nSPS) is 10.7. The van der Waals surface area contributed by atoms with Crippen LogP contribution in [0.15, 0.2) is 243 Å². The van der Waals surface area contributed by atoms with Gasteiger partial charge in [0.2, 0.25) is 0 Å². The van der Waals surface area contributed by atoms with Gasteiger partial charge in [0.15, 0.2) is 44.9 Å². The molecule has 0 unspecified atom stereocenters. The molecule has 0 amide bonds. The second-order valence-electron chi connectivity index (χ2n) is 17.9. The van der Waals surface area contributed by atoms with Crippen molar-refractivity contribution >= 4 is 88.6 Å². The van der Waals surface area contributed by atoms with Gasteiger partial charge in [-0.15, -0.1) is 17.0 Å². The summed E-state index contributed by atoms with van der Waals surface area (Å²) in [6.07, 6.45) is 7.84. The molecule has 14 rings (SSSR count). The molecule has 0 saturated carbocycles. The number of aromatic hydroxyl groups is 1. The van der Waals surface area contributed by atoms with Gasteiger partial charge in [-0.3, -0.25) is 13.9 Å². The van der Waals surface area contributed by atoms with Crippen molar-refractivity contribution in [3.05, 3.63) is 243 Å². The van der Waals surface area contributed by atoms with E-state index in [-0.39, 0.29) is 55.0 Å². The maximum atomic E-state index is 10.5. The van der Waals surface area contributed by atoms with Crippen LogP contribution in [0.5, 0.6) is 11.5 Å². The monoisotopic (exact) mass is 1150 g/mol. The quantitative estimate of drug-likeness (QED) is 0.157. The van der Waals surface area contributed by atoms with Crippen molar-refractivity contribution in [1.29, 1.82) is 0 Å². The predicted octanol–water partition coefficient (Wildman–Crippen LogP) is 7.83. The first-order valence-electron chi connectivity index (χ1n) is 24.4. The minimum atomic E-state index is -0.833. The lowest BCUT2D eigenvalue weighted by Gasteiger charge is -2.06. The molecule has 15 heteroatoms. The number of carboxylic acids is 1. The number of carbonyl (C=O) groups is 1. The van der Waals surface area contributed by atoms with Crippen molar-refractivity contribution in [3.63, 3.8) is 0 Å². The fourth-order valence-corrected chi connectivity index (χ4v) is 10.2. The number of para-hydroxylation sites is 10. The number of fused-ring (bicyclic) bond motifs is 8. The van der Waals surface area contributed by atoms with E-state index >= 15 is 0 Å². The van der Waals surface area contributed by atoms with Gasteiger partial charge in [0.05, 0.1) is 29.2 Å². The zero-order valence-corrected chi connectivity index (χ0v) is 45.3. The predicted molar refractivity (Wildman–Crippen MR) is 312 cm³/mol. The summed E-state index contributed by atoms with van der Waals surface area (Å²) in [5.41, 5.74) is 12.6. The van der Waals surface area contributed by atoms with Gasteiger partial charge < -0.3 is 39.8 Å². The van der Waals surface area contributed by atoms with Gasteiger partial charge in [-0.1, -0.05) is 104 Å². The van der Waals surface area contributed by atoms with Gasteiger partial charge in [-0.2, -0.15) is 18.3 Å². The Kier molecular flexibility index (Phi) is 17.0. The van der Waals surface area contributed by atoms with E-state index in [1.807, 2.05) is 102 Å². The summed E-state index contributed by atoms with van der Waals surface area (Å²) < 4.78 is 18.8. The molecule has 0 fully saturated rings. The number of phenolic OH excluding ortho intramolecular Hbond substituents is 1. The number of carboxylic acid groups (broad SMARTS) is 1. The maximum Gasteiger partial charge on any atom is 0.300 e. The summed E-state index contributed by atoms with van der Waals surface area (Å²) in [6.45, 7) is 1.08. The number of aliphatic carboxylic acids is 1. The van der Waals surface area contributed by atoms with Crippen molar-refractivity contribution < 1.29 is 53.7 Å². The molecular formula is C64H53BrCl2N8O4. The van der Waals surface area contributed by atoms with Crippen molar-refractivity contribution in [1.82, 2.24) is 28.2 Å². The van der Waals surface area contributed by atoms with Gasteiger partial charge in [-0.05, 0) is 109 Å². The smallest absolute Gasteiger partial charge is 0.300 e. The average Bonchev–Trinajstić information content (AvgIpc) is 4.37. The largest absolute Gasteiger partial charge is 1.00 e. The minimum absolute atomic E-state index is 0. The molecule has 394 valence electrons. The zero-order valence-electron chi connectivity index (χ0n) is 42.0. The fraction of sp³-hybridized carbons (Fsp3) is 0.0469. The highest BCUT2D eigenvalue weighted by atomic mass is 79.9. The summed E-state index contributed by atoms with van der Waals surface area (Å²) in [7, 11) is 1.71. The summed E-state index contributed by atoms with van der Waals surface area (Å²) in [4.78, 5) is 18.3. The summed E-state index contributed by atoms with van der Waals surface area (Å²) in [5, 5.41) is 22.8. The van der Waals surface area contributed by atoms with Crippen LogP contribution in [0.4, 0.5) is 0 Å². The van der Waals surface area contributed by atoms with Gasteiger partial charge in [-0.25, -0.2) is 9.97 Å². The molecule has 2 N–H and O–H groups in total. The highest BCUT2D eigenvalue weighted by molar-refractivity contribution is 8.93. The number of ether oxygens (including phenoxy) is 1. The van der Waals surface area contributed by atoms with Crippen LogP contribution in [0.25, 0.3) is 100 Å². The number of imidazole rings is 2. The van der Waals surface area contributed by atoms with Crippen LogP contribution in [0.3, 0.4) is 0 Å². The molecule has 0 aliphatic heterocycles. The first-order valence-corrected chi connectivity index (χ1v) is 24.4. The molecule has 0 aliphatic carbocycles. The molecule has 0 bridgehead atoms. The molecule has 0 radical (unpaired) electrons. The Labute approximate surface area is 478 Å². The number of benzene rings is 8. The molecule has 6 aromatic heterocycles. The van der Waals surface area contributed by atoms with Crippen molar-refractivity contribution in [2.75, 3.05) is 7.11 Å². The standard InChI is InChI=1S/C31H23N4O.C30H20N4O.C2H4O2.CH4.BrH.2ClH/c1-36-30-15-7-6-14-28(30)34-21-33(26-12-4-5-13-27(26)34)22-17-18-24-23-10-2-3-11-25(23)35(29(24)20-22)31-16-8-9-19-32-31;35-29-14-6-5-13-27(29)33-20-32(25-11-3-4-12-26(25)33)21-16-17-23-22-9-1-2-10-24(22)34(28(23)19-21)30-15-7-8-18-31-30;1-2(3)4;;;;/h2-21H,1H3;1-20H;1H3,(H,3,4);1H4;3*1H/q+1;;;;;;/p-1. The Hall–Kier alpha value is -9.27. The third kappa shape index (κ3) is 10.3. The number of hydrogen-bond acceptors (Lipinski definition) is 5. The summed E-state index contributed by atoms with van der Waals surface area (Å²) >= 11 is 0. The van der Waals surface area contributed by atoms with E-state index < -0.39 is 5.97 Å².